The fraction of sp³-hybridized carbons (Fsp3) is 0.176. The molecule has 6 N–H and O–H groups in total. The lowest BCUT2D eigenvalue weighted by molar-refractivity contribution is 0.0864. The lowest BCUT2D eigenvalue weighted by Crippen LogP contribution is -2.38. The zero-order valence-electron chi connectivity index (χ0n) is 13.7. The number of hydrogen-bond acceptors (Lipinski definition) is 5. The van der Waals surface area contributed by atoms with E-state index in [1.807, 2.05) is 30.3 Å². The molecule has 2 aromatic heterocycles. The topological polar surface area (TPSA) is 121 Å². The van der Waals surface area contributed by atoms with E-state index in [0.717, 1.165) is 25.6 Å². The molecule has 1 amide bonds. The fourth-order valence-electron chi connectivity index (χ4n) is 2.41. The third-order valence-corrected chi connectivity index (χ3v) is 4.88. The van der Waals surface area contributed by atoms with Gasteiger partial charge in [-0.3, -0.25) is 15.1 Å². The van der Waals surface area contributed by atoms with Crippen LogP contribution in [0.15, 0.2) is 36.4 Å². The first kappa shape index (κ1) is 17.0. The molecule has 0 aliphatic heterocycles. The summed E-state index contributed by atoms with van der Waals surface area (Å²) in [5.74, 6) is -0.0289. The Morgan fingerprint density at radius 3 is 2.76 bits per heavy atom. The number of aromatic nitrogens is 1. The van der Waals surface area contributed by atoms with E-state index >= 15 is 0 Å². The molecular formula is C17H19N5O2S. The lowest BCUT2D eigenvalue weighted by Gasteiger charge is -2.12. The molecule has 0 saturated heterocycles. The molecule has 0 aliphatic carbocycles. The minimum Gasteiger partial charge on any atom is -0.486 e. The highest BCUT2D eigenvalue weighted by Crippen LogP contribution is 2.27. The molecular weight excluding hydrogens is 338 g/mol. The van der Waals surface area contributed by atoms with Gasteiger partial charge in [-0.15, -0.1) is 11.3 Å². The maximum Gasteiger partial charge on any atom is 0.276 e. The number of fused-ring (bicyclic) bond motifs is 1. The molecule has 130 valence electrons. The van der Waals surface area contributed by atoms with Crippen molar-refractivity contribution in [1.29, 1.82) is 5.41 Å². The second-order valence-corrected chi connectivity index (χ2v) is 6.77. The van der Waals surface area contributed by atoms with E-state index in [0.29, 0.717) is 24.6 Å². The van der Waals surface area contributed by atoms with Gasteiger partial charge in [-0.2, -0.15) is 0 Å². The molecule has 8 heteroatoms. The van der Waals surface area contributed by atoms with E-state index in [1.165, 1.54) is 7.05 Å². The van der Waals surface area contributed by atoms with Gasteiger partial charge < -0.3 is 21.2 Å². The van der Waals surface area contributed by atoms with Crippen molar-refractivity contribution < 1.29 is 9.53 Å². The quantitative estimate of drug-likeness (QED) is 0.413. The molecule has 0 radical (unpaired) electrons. The molecule has 1 aromatic carbocycles. The van der Waals surface area contributed by atoms with Gasteiger partial charge >= 0.3 is 0 Å². The van der Waals surface area contributed by atoms with Crippen LogP contribution in [0.2, 0.25) is 0 Å². The summed E-state index contributed by atoms with van der Waals surface area (Å²) in [6.45, 7) is 0.950. The number of para-hydroxylation sites is 1. The third kappa shape index (κ3) is 3.49. The van der Waals surface area contributed by atoms with Gasteiger partial charge in [0.2, 0.25) is 0 Å². The number of nitrogens with zero attached hydrogens (tertiary/aromatic N) is 1. The maximum absolute atomic E-state index is 12.3. The molecule has 0 fully saturated rings. The zero-order chi connectivity index (χ0) is 18.0. The van der Waals surface area contributed by atoms with Gasteiger partial charge in [0.25, 0.3) is 5.91 Å². The number of nitrogens with two attached hydrogens (primary N) is 2. The van der Waals surface area contributed by atoms with Gasteiger partial charge in [0.05, 0.1) is 5.52 Å². The van der Waals surface area contributed by atoms with Crippen LogP contribution in [-0.2, 0) is 13.2 Å². The number of aromatic amines is 1. The minimum absolute atomic E-state index is 0.312. The van der Waals surface area contributed by atoms with E-state index in [2.05, 4.69) is 4.98 Å². The summed E-state index contributed by atoms with van der Waals surface area (Å²) in [5, 5.41) is 8.23. The Balaban J connectivity index is 1.84. The van der Waals surface area contributed by atoms with Gasteiger partial charge in [0.1, 0.15) is 18.1 Å². The molecule has 0 unspecified atom stereocenters. The monoisotopic (exact) mass is 357 g/mol. The zero-order valence-corrected chi connectivity index (χ0v) is 14.5. The Bertz CT molecular complexity index is 930. The van der Waals surface area contributed by atoms with Crippen LogP contribution in [0.5, 0.6) is 5.75 Å². The van der Waals surface area contributed by atoms with Gasteiger partial charge in [-0.25, -0.2) is 0 Å². The van der Waals surface area contributed by atoms with Crippen molar-refractivity contribution in [2.75, 3.05) is 7.05 Å². The van der Waals surface area contributed by atoms with Crippen LogP contribution in [0.1, 0.15) is 20.2 Å². The van der Waals surface area contributed by atoms with Crippen LogP contribution in [0, 0.1) is 5.41 Å². The molecule has 3 rings (SSSR count). The first-order chi connectivity index (χ1) is 12.0. The average Bonchev–Trinajstić information content (AvgIpc) is 3.25. The third-order valence-electron chi connectivity index (χ3n) is 3.80. The van der Waals surface area contributed by atoms with Crippen molar-refractivity contribution in [2.24, 2.45) is 11.5 Å². The second kappa shape index (κ2) is 6.96. The highest BCUT2D eigenvalue weighted by Gasteiger charge is 2.17. The fourth-order valence-corrected chi connectivity index (χ4v) is 3.22. The van der Waals surface area contributed by atoms with E-state index in [4.69, 9.17) is 21.6 Å². The Morgan fingerprint density at radius 2 is 2.08 bits per heavy atom. The van der Waals surface area contributed by atoms with Crippen molar-refractivity contribution in [3.05, 3.63) is 51.8 Å². The normalized spacial score (nSPS) is 10.8. The predicted molar refractivity (Wildman–Crippen MR) is 98.8 cm³/mol. The van der Waals surface area contributed by atoms with E-state index in [1.54, 1.807) is 17.4 Å². The SMILES string of the molecule is CN(C(=N)N)C(=O)c1cc2cccc(OCc3ccc(CN)s3)c2[nH]1. The molecule has 0 atom stereocenters. The van der Waals surface area contributed by atoms with Crippen LogP contribution < -0.4 is 16.2 Å². The Labute approximate surface area is 148 Å². The van der Waals surface area contributed by atoms with Gasteiger partial charge in [-0.1, -0.05) is 12.1 Å². The van der Waals surface area contributed by atoms with E-state index in [-0.39, 0.29) is 11.9 Å². The molecule has 25 heavy (non-hydrogen) atoms. The van der Waals surface area contributed by atoms with E-state index in [9.17, 15) is 4.79 Å². The average molecular weight is 357 g/mol. The standard InChI is InChI=1S/C17H19N5O2S/c1-22(17(19)20)16(23)13-7-10-3-2-4-14(15(10)21-13)24-9-12-6-5-11(8-18)25-12/h2-7,21H,8-9,18H2,1H3,(H3,19,20). The minimum atomic E-state index is -0.375. The van der Waals surface area contributed by atoms with Crippen LogP contribution in [0.3, 0.4) is 0 Å². The van der Waals surface area contributed by atoms with Crippen molar-refractivity contribution in [1.82, 2.24) is 9.88 Å². The summed E-state index contributed by atoms with van der Waals surface area (Å²) in [6, 6.07) is 11.3. The number of carbonyl (C=O) groups excluding carboxylic acids is 1. The Hall–Kier alpha value is -2.84. The highest BCUT2D eigenvalue weighted by molar-refractivity contribution is 7.11. The molecule has 0 spiro atoms. The summed E-state index contributed by atoms with van der Waals surface area (Å²) < 4.78 is 5.91. The number of thiophene rings is 1. The number of benzene rings is 1. The second-order valence-electron chi connectivity index (χ2n) is 5.51. The summed E-state index contributed by atoms with van der Waals surface area (Å²) in [7, 11) is 1.46. The summed E-state index contributed by atoms with van der Waals surface area (Å²) >= 11 is 1.62. The van der Waals surface area contributed by atoms with Crippen LogP contribution >= 0.6 is 11.3 Å². The number of carbonyl (C=O) groups is 1. The van der Waals surface area contributed by atoms with Gasteiger partial charge in [0.15, 0.2) is 5.96 Å². The Morgan fingerprint density at radius 1 is 1.32 bits per heavy atom. The molecule has 0 saturated carbocycles. The number of guanidine groups is 1. The Kier molecular flexibility index (Phi) is 4.73. The van der Waals surface area contributed by atoms with Gasteiger partial charge in [-0.05, 0) is 24.3 Å². The summed E-state index contributed by atoms with van der Waals surface area (Å²) in [4.78, 5) is 18.6. The smallest absolute Gasteiger partial charge is 0.276 e. The first-order valence-corrected chi connectivity index (χ1v) is 8.45. The number of ether oxygens (including phenoxy) is 1. The lowest BCUT2D eigenvalue weighted by atomic mass is 10.2. The molecule has 0 bridgehead atoms. The number of hydrogen-bond donors (Lipinski definition) is 4. The summed E-state index contributed by atoms with van der Waals surface area (Å²) in [5.41, 5.74) is 12.1. The van der Waals surface area contributed by atoms with Gasteiger partial charge in [0, 0.05) is 28.7 Å². The van der Waals surface area contributed by atoms with Crippen LogP contribution in [0.25, 0.3) is 10.9 Å². The van der Waals surface area contributed by atoms with Crippen molar-refractivity contribution in [3.8, 4) is 5.75 Å². The number of nitrogens with one attached hydrogen (secondary N) is 2. The molecule has 2 heterocycles. The molecule has 7 nitrogen and oxygen atoms in total. The van der Waals surface area contributed by atoms with Crippen LogP contribution in [-0.4, -0.2) is 28.8 Å². The summed E-state index contributed by atoms with van der Waals surface area (Å²) in [6.07, 6.45) is 0. The van der Waals surface area contributed by atoms with Crippen molar-refractivity contribution >= 4 is 34.1 Å². The number of H-pyrrole nitrogens is 1. The first-order valence-electron chi connectivity index (χ1n) is 7.64. The van der Waals surface area contributed by atoms with Crippen molar-refractivity contribution in [2.45, 2.75) is 13.2 Å². The maximum atomic E-state index is 12.3. The predicted octanol–water partition coefficient (Wildman–Crippen LogP) is 2.23. The number of rotatable bonds is 5. The van der Waals surface area contributed by atoms with Crippen molar-refractivity contribution in [3.63, 3.8) is 0 Å². The molecule has 0 aliphatic rings. The molecule has 3 aromatic rings. The largest absolute Gasteiger partial charge is 0.486 e. The van der Waals surface area contributed by atoms with Crippen LogP contribution in [0.4, 0.5) is 0 Å². The highest BCUT2D eigenvalue weighted by atomic mass is 32.1. The number of amides is 1. The van der Waals surface area contributed by atoms with E-state index < -0.39 is 0 Å².